The Morgan fingerprint density at radius 3 is 2.65 bits per heavy atom. The molecule has 0 bridgehead atoms. The van der Waals surface area contributed by atoms with Crippen LogP contribution in [-0.2, 0) is 11.3 Å². The van der Waals surface area contributed by atoms with Crippen molar-refractivity contribution < 1.29 is 13.7 Å². The molecule has 3 aromatic rings. The number of hydrogen-bond acceptors (Lipinski definition) is 5. The molecule has 31 heavy (non-hydrogen) atoms. The summed E-state index contributed by atoms with van der Waals surface area (Å²) in [4.78, 5) is 6.67. The van der Waals surface area contributed by atoms with Gasteiger partial charge in [0, 0.05) is 24.9 Å². The zero-order valence-electron chi connectivity index (χ0n) is 18.3. The van der Waals surface area contributed by atoms with Gasteiger partial charge in [0.2, 0.25) is 5.82 Å². The molecule has 0 aliphatic heterocycles. The van der Waals surface area contributed by atoms with Crippen molar-refractivity contribution in [2.45, 2.75) is 26.3 Å². The van der Waals surface area contributed by atoms with Crippen LogP contribution < -0.4 is 0 Å². The van der Waals surface area contributed by atoms with Crippen LogP contribution in [0, 0.1) is 6.92 Å². The van der Waals surface area contributed by atoms with Crippen LogP contribution in [0.3, 0.4) is 0 Å². The maximum absolute atomic E-state index is 13.9. The van der Waals surface area contributed by atoms with Crippen LogP contribution in [0.4, 0.5) is 4.39 Å². The smallest absolute Gasteiger partial charge is 0.258 e. The van der Waals surface area contributed by atoms with Gasteiger partial charge >= 0.3 is 0 Å². The molecule has 160 valence electrons. The van der Waals surface area contributed by atoms with Crippen molar-refractivity contribution in [2.24, 2.45) is 0 Å². The summed E-state index contributed by atoms with van der Waals surface area (Å²) in [5, 5.41) is 4.09. The molecule has 4 rings (SSSR count). The van der Waals surface area contributed by atoms with Gasteiger partial charge in [-0.05, 0) is 61.5 Å². The molecule has 0 N–H and O–H groups in total. The van der Waals surface area contributed by atoms with Crippen LogP contribution in [0.15, 0.2) is 64.6 Å². The first-order chi connectivity index (χ1) is 15.0. The van der Waals surface area contributed by atoms with E-state index in [9.17, 15) is 4.39 Å². The highest BCUT2D eigenvalue weighted by Gasteiger charge is 2.21. The van der Waals surface area contributed by atoms with E-state index in [4.69, 9.17) is 9.26 Å². The number of aromatic nitrogens is 2. The van der Waals surface area contributed by atoms with Gasteiger partial charge in [-0.25, -0.2) is 4.39 Å². The van der Waals surface area contributed by atoms with E-state index in [0.717, 1.165) is 17.7 Å². The van der Waals surface area contributed by atoms with Gasteiger partial charge in [0.25, 0.3) is 5.89 Å². The van der Waals surface area contributed by atoms with Crippen molar-refractivity contribution in [3.63, 3.8) is 0 Å². The normalized spacial score (nSPS) is 14.2. The predicted octanol–water partition coefficient (Wildman–Crippen LogP) is 5.78. The van der Waals surface area contributed by atoms with Crippen molar-refractivity contribution in [1.29, 1.82) is 0 Å². The Morgan fingerprint density at radius 1 is 1.10 bits per heavy atom. The number of hydrogen-bond donors (Lipinski definition) is 0. The summed E-state index contributed by atoms with van der Waals surface area (Å²) < 4.78 is 24.8. The first-order valence-electron chi connectivity index (χ1n) is 10.3. The first-order valence-corrected chi connectivity index (χ1v) is 10.3. The number of allylic oxidation sites excluding steroid dienone is 4. The monoisotopic (exact) mass is 419 g/mol. The molecule has 1 aliphatic rings. The van der Waals surface area contributed by atoms with Gasteiger partial charge in [-0.15, -0.1) is 0 Å². The third kappa shape index (κ3) is 4.44. The summed E-state index contributed by atoms with van der Waals surface area (Å²) in [6.07, 6.45) is 2.23. The number of benzene rings is 2. The maximum Gasteiger partial charge on any atom is 0.258 e. The molecule has 0 unspecified atom stereocenters. The van der Waals surface area contributed by atoms with E-state index in [0.29, 0.717) is 35.9 Å². The van der Waals surface area contributed by atoms with E-state index >= 15 is 0 Å². The van der Waals surface area contributed by atoms with Gasteiger partial charge < -0.3 is 14.2 Å². The molecule has 0 saturated carbocycles. The van der Waals surface area contributed by atoms with Gasteiger partial charge in [0.1, 0.15) is 11.6 Å². The van der Waals surface area contributed by atoms with E-state index in [-0.39, 0.29) is 5.83 Å². The number of rotatable bonds is 6. The number of methoxy groups -OCH3 is 1. The minimum atomic E-state index is -0.210. The summed E-state index contributed by atoms with van der Waals surface area (Å²) >= 11 is 0. The van der Waals surface area contributed by atoms with Gasteiger partial charge in [0.15, 0.2) is 0 Å². The summed E-state index contributed by atoms with van der Waals surface area (Å²) in [5.74, 6) is 1.18. The van der Waals surface area contributed by atoms with E-state index in [2.05, 4.69) is 52.3 Å². The van der Waals surface area contributed by atoms with Crippen LogP contribution in [0.2, 0.25) is 0 Å². The van der Waals surface area contributed by atoms with Crippen molar-refractivity contribution >= 4 is 5.57 Å². The van der Waals surface area contributed by atoms with Crippen molar-refractivity contribution in [3.05, 3.63) is 77.1 Å². The lowest BCUT2D eigenvalue weighted by Gasteiger charge is -2.16. The zero-order valence-corrected chi connectivity index (χ0v) is 18.3. The number of ether oxygens (including phenoxy) is 1. The second-order valence-electron chi connectivity index (χ2n) is 7.98. The molecule has 0 atom stereocenters. The molecule has 0 fully saturated rings. The third-order valence-electron chi connectivity index (χ3n) is 5.38. The zero-order chi connectivity index (χ0) is 22.0. The average molecular weight is 420 g/mol. The van der Waals surface area contributed by atoms with Gasteiger partial charge in [-0.2, -0.15) is 4.98 Å². The van der Waals surface area contributed by atoms with E-state index in [1.165, 1.54) is 22.8 Å². The van der Waals surface area contributed by atoms with Gasteiger partial charge in [-0.1, -0.05) is 35.5 Å². The molecule has 0 radical (unpaired) electrons. The molecule has 2 aromatic carbocycles. The van der Waals surface area contributed by atoms with E-state index in [1.54, 1.807) is 7.11 Å². The van der Waals surface area contributed by atoms with E-state index < -0.39 is 0 Å². The first kappa shape index (κ1) is 21.0. The summed E-state index contributed by atoms with van der Waals surface area (Å²) in [6.45, 7) is 2.89. The lowest BCUT2D eigenvalue weighted by atomic mass is 9.94. The topological polar surface area (TPSA) is 51.4 Å². The molecular formula is C25H26FN3O2. The number of nitrogens with zero attached hydrogens (tertiary/aromatic N) is 3. The quantitative estimate of drug-likeness (QED) is 0.507. The number of halogens is 1. The Labute approximate surface area is 181 Å². The summed E-state index contributed by atoms with van der Waals surface area (Å²) in [5.41, 5.74) is 6.13. The molecule has 1 aliphatic carbocycles. The summed E-state index contributed by atoms with van der Waals surface area (Å²) in [7, 11) is 5.66. The molecule has 0 spiro atoms. The Bertz CT molecular complexity index is 1160. The fourth-order valence-corrected chi connectivity index (χ4v) is 3.86. The highest BCUT2D eigenvalue weighted by Crippen LogP contribution is 2.34. The average Bonchev–Trinajstić information content (AvgIpc) is 3.24. The Hall–Kier alpha value is -3.25. The standard InChI is InChI=1S/C25H26FN3O2/c1-16-7-5-6-8-20(16)21-11-9-17(13-18(21)15-29(2)3)25-27-24(28-31-25)22-14-19(26)10-12-23(22)30-4/h5-9,11,13-14H,10,12,15H2,1-4H3. The molecule has 1 aromatic heterocycles. The van der Waals surface area contributed by atoms with Crippen molar-refractivity contribution in [1.82, 2.24) is 15.0 Å². The molecule has 5 nitrogen and oxygen atoms in total. The molecular weight excluding hydrogens is 393 g/mol. The second kappa shape index (κ2) is 8.86. The van der Waals surface area contributed by atoms with Crippen LogP contribution >= 0.6 is 0 Å². The third-order valence-corrected chi connectivity index (χ3v) is 5.38. The number of aryl methyl sites for hydroxylation is 1. The van der Waals surface area contributed by atoms with Crippen molar-refractivity contribution in [3.8, 4) is 22.6 Å². The molecule has 0 amide bonds. The van der Waals surface area contributed by atoms with Crippen molar-refractivity contribution in [2.75, 3.05) is 21.2 Å². The van der Waals surface area contributed by atoms with Crippen LogP contribution in [0.5, 0.6) is 0 Å². The van der Waals surface area contributed by atoms with Gasteiger partial charge in [0.05, 0.1) is 12.7 Å². The van der Waals surface area contributed by atoms with Gasteiger partial charge in [-0.3, -0.25) is 0 Å². The Morgan fingerprint density at radius 2 is 1.90 bits per heavy atom. The minimum absolute atomic E-state index is 0.210. The molecule has 0 saturated heterocycles. The van der Waals surface area contributed by atoms with Crippen LogP contribution in [0.1, 0.15) is 29.8 Å². The lowest BCUT2D eigenvalue weighted by molar-refractivity contribution is 0.275. The summed E-state index contributed by atoms with van der Waals surface area (Å²) in [6, 6.07) is 14.5. The Kier molecular flexibility index (Phi) is 6.00. The second-order valence-corrected chi connectivity index (χ2v) is 7.98. The SMILES string of the molecule is COC1=C(c2noc(-c3ccc(-c4ccccc4C)c(CN(C)C)c3)n2)C=C(F)CC1. The highest BCUT2D eigenvalue weighted by atomic mass is 19.1. The Balaban J connectivity index is 1.75. The molecule has 6 heteroatoms. The van der Waals surface area contributed by atoms with Crippen LogP contribution in [0.25, 0.3) is 28.2 Å². The lowest BCUT2D eigenvalue weighted by Crippen LogP contribution is -2.11. The predicted molar refractivity (Wildman–Crippen MR) is 120 cm³/mol. The highest BCUT2D eigenvalue weighted by molar-refractivity contribution is 5.76. The fourth-order valence-electron chi connectivity index (χ4n) is 3.86. The molecule has 1 heterocycles. The van der Waals surface area contributed by atoms with E-state index in [1.807, 2.05) is 26.2 Å². The largest absolute Gasteiger partial charge is 0.500 e. The minimum Gasteiger partial charge on any atom is -0.500 e. The van der Waals surface area contributed by atoms with Crippen LogP contribution in [-0.4, -0.2) is 36.2 Å². The fraction of sp³-hybridized carbons (Fsp3) is 0.280. The maximum atomic E-state index is 13.9.